The van der Waals surface area contributed by atoms with E-state index in [-0.39, 0.29) is 11.6 Å². The molecule has 0 aromatic carbocycles. The van der Waals surface area contributed by atoms with Crippen LogP contribution in [0.25, 0.3) is 0 Å². The number of thioether (sulfide) groups is 1. The first kappa shape index (κ1) is 10.1. The molecule has 14 heavy (non-hydrogen) atoms. The van der Waals surface area contributed by atoms with Crippen LogP contribution in [0.3, 0.4) is 0 Å². The Labute approximate surface area is 86.3 Å². The van der Waals surface area contributed by atoms with Gasteiger partial charge in [0.1, 0.15) is 0 Å². The molecule has 2 fully saturated rings. The highest BCUT2D eigenvalue weighted by atomic mass is 32.2. The van der Waals surface area contributed by atoms with E-state index in [0.717, 1.165) is 0 Å². The summed E-state index contributed by atoms with van der Waals surface area (Å²) in [4.78, 5) is 23.1. The average Bonchev–Trinajstić information content (AvgIpc) is 2.35. The van der Waals surface area contributed by atoms with Crippen LogP contribution in [0.4, 0.5) is 0 Å². The van der Waals surface area contributed by atoms with Gasteiger partial charge < -0.3 is 9.47 Å². The van der Waals surface area contributed by atoms with Crippen molar-refractivity contribution in [3.05, 3.63) is 0 Å². The molecule has 5 heteroatoms. The maximum atomic E-state index is 11.6. The topological polar surface area (TPSA) is 52.6 Å². The zero-order valence-electron chi connectivity index (χ0n) is 8.11. The lowest BCUT2D eigenvalue weighted by Crippen LogP contribution is -2.36. The third-order valence-electron chi connectivity index (χ3n) is 2.22. The molecule has 0 aliphatic carbocycles. The van der Waals surface area contributed by atoms with Gasteiger partial charge in [-0.1, -0.05) is 0 Å². The van der Waals surface area contributed by atoms with Crippen molar-refractivity contribution in [3.8, 4) is 0 Å². The molecule has 4 nitrogen and oxygen atoms in total. The highest BCUT2D eigenvalue weighted by Crippen LogP contribution is 2.32. The van der Waals surface area contributed by atoms with Crippen molar-refractivity contribution in [3.63, 3.8) is 0 Å². The number of hydrogen-bond acceptors (Lipinski definition) is 5. The summed E-state index contributed by atoms with van der Waals surface area (Å²) in [6.45, 7) is 3.44. The molecule has 0 spiro atoms. The molecular weight excluding hydrogens is 204 g/mol. The second-order valence-corrected chi connectivity index (χ2v) is 4.89. The predicted octanol–water partition coefficient (Wildman–Crippen LogP) is 0.391. The fourth-order valence-corrected chi connectivity index (χ4v) is 2.48. The second kappa shape index (κ2) is 3.32. The molecule has 2 saturated heterocycles. The van der Waals surface area contributed by atoms with Crippen LogP contribution >= 0.6 is 11.8 Å². The van der Waals surface area contributed by atoms with Crippen molar-refractivity contribution >= 4 is 23.3 Å². The highest BCUT2D eigenvalue weighted by Gasteiger charge is 2.49. The number of fused-ring (bicyclic) bond motifs is 1. The predicted molar refractivity (Wildman–Crippen MR) is 51.2 cm³/mol. The van der Waals surface area contributed by atoms with E-state index >= 15 is 0 Å². The van der Waals surface area contributed by atoms with Gasteiger partial charge in [0.2, 0.25) is 0 Å². The van der Waals surface area contributed by atoms with Crippen molar-refractivity contribution in [1.29, 1.82) is 0 Å². The molecule has 2 aliphatic heterocycles. The average molecular weight is 216 g/mol. The van der Waals surface area contributed by atoms with Crippen LogP contribution in [0.5, 0.6) is 0 Å². The van der Waals surface area contributed by atoms with Crippen LogP contribution in [0, 0.1) is 0 Å². The van der Waals surface area contributed by atoms with E-state index in [1.165, 1.54) is 11.8 Å². The molecule has 0 amide bonds. The fraction of sp³-hybridized carbons (Fsp3) is 0.778. The summed E-state index contributed by atoms with van der Waals surface area (Å²) in [5.74, 6) is -0.227. The van der Waals surface area contributed by atoms with E-state index in [0.29, 0.717) is 11.5 Å². The number of carbonyl (C=O) groups excluding carboxylic acids is 2. The number of carbonyl (C=O) groups is 2. The van der Waals surface area contributed by atoms with Gasteiger partial charge in [0.25, 0.3) is 0 Å². The Morgan fingerprint density at radius 2 is 1.57 bits per heavy atom. The van der Waals surface area contributed by atoms with Gasteiger partial charge in [-0.3, -0.25) is 9.59 Å². The minimum atomic E-state index is -0.817. The molecular formula is C9H12O4S. The number of Topliss-reactive ketones (excluding diaryl/α,β-unsaturated/α-hetero) is 2. The summed E-state index contributed by atoms with van der Waals surface area (Å²) in [5.41, 5.74) is 0. The van der Waals surface area contributed by atoms with Crippen LogP contribution < -0.4 is 0 Å². The molecule has 2 unspecified atom stereocenters. The Balaban J connectivity index is 2.25. The van der Waals surface area contributed by atoms with E-state index in [4.69, 9.17) is 9.47 Å². The Morgan fingerprint density at radius 3 is 2.00 bits per heavy atom. The largest absolute Gasteiger partial charge is 0.336 e. The van der Waals surface area contributed by atoms with Crippen LogP contribution in [-0.4, -0.2) is 41.1 Å². The first-order valence-electron chi connectivity index (χ1n) is 4.48. The minimum absolute atomic E-state index is 0.0450. The Morgan fingerprint density at radius 1 is 1.14 bits per heavy atom. The SMILES string of the molecule is CC1(C)OC2C(=O)CSCC(=O)C2O1. The first-order chi connectivity index (χ1) is 6.49. The number of ketones is 2. The zero-order chi connectivity index (χ0) is 10.3. The quantitative estimate of drug-likeness (QED) is 0.586. The number of ether oxygens (including phenoxy) is 2. The van der Waals surface area contributed by atoms with Crippen molar-refractivity contribution in [2.24, 2.45) is 0 Å². The molecule has 2 heterocycles. The van der Waals surface area contributed by atoms with Crippen molar-refractivity contribution in [2.45, 2.75) is 31.8 Å². The van der Waals surface area contributed by atoms with Gasteiger partial charge in [0.15, 0.2) is 29.6 Å². The van der Waals surface area contributed by atoms with Crippen molar-refractivity contribution in [1.82, 2.24) is 0 Å². The maximum absolute atomic E-state index is 11.6. The summed E-state index contributed by atoms with van der Waals surface area (Å²) >= 11 is 1.33. The lowest BCUT2D eigenvalue weighted by molar-refractivity contribution is -0.157. The fourth-order valence-electron chi connectivity index (χ4n) is 1.65. The Kier molecular flexibility index (Phi) is 2.41. The summed E-state index contributed by atoms with van der Waals surface area (Å²) in [5, 5.41) is 0. The monoisotopic (exact) mass is 216 g/mol. The first-order valence-corrected chi connectivity index (χ1v) is 5.64. The molecule has 2 aliphatic rings. The van der Waals surface area contributed by atoms with E-state index in [1.54, 1.807) is 13.8 Å². The standard InChI is InChI=1S/C9H12O4S/c1-9(2)12-7-5(10)3-14-4-6(11)8(7)13-9/h7-8H,3-4H2,1-2H3. The Hall–Kier alpha value is -0.390. The molecule has 0 bridgehead atoms. The van der Waals surface area contributed by atoms with Crippen molar-refractivity contribution < 1.29 is 19.1 Å². The van der Waals surface area contributed by atoms with Gasteiger partial charge in [-0.25, -0.2) is 0 Å². The highest BCUT2D eigenvalue weighted by molar-refractivity contribution is 8.00. The number of rotatable bonds is 0. The second-order valence-electron chi connectivity index (χ2n) is 3.90. The van der Waals surface area contributed by atoms with E-state index in [9.17, 15) is 9.59 Å². The molecule has 0 aromatic rings. The van der Waals surface area contributed by atoms with Crippen molar-refractivity contribution in [2.75, 3.05) is 11.5 Å². The van der Waals surface area contributed by atoms with Gasteiger partial charge >= 0.3 is 0 Å². The molecule has 0 aromatic heterocycles. The van der Waals surface area contributed by atoms with Gasteiger partial charge in [0.05, 0.1) is 11.5 Å². The normalized spacial score (nSPS) is 36.7. The summed E-state index contributed by atoms with van der Waals surface area (Å²) < 4.78 is 10.8. The summed E-state index contributed by atoms with van der Waals surface area (Å²) in [6.07, 6.45) is -1.38. The number of hydrogen-bond donors (Lipinski definition) is 0. The van der Waals surface area contributed by atoms with E-state index in [1.807, 2.05) is 0 Å². The summed E-state index contributed by atoms with van der Waals surface area (Å²) in [6, 6.07) is 0. The smallest absolute Gasteiger partial charge is 0.174 e. The van der Waals surface area contributed by atoms with E-state index in [2.05, 4.69) is 0 Å². The Bertz CT molecular complexity index is 261. The third kappa shape index (κ3) is 1.71. The van der Waals surface area contributed by atoms with Gasteiger partial charge in [-0.2, -0.15) is 0 Å². The van der Waals surface area contributed by atoms with Gasteiger partial charge in [-0.15, -0.1) is 11.8 Å². The summed E-state index contributed by atoms with van der Waals surface area (Å²) in [7, 11) is 0. The minimum Gasteiger partial charge on any atom is -0.336 e. The third-order valence-corrected chi connectivity index (χ3v) is 3.20. The molecule has 0 N–H and O–H groups in total. The van der Waals surface area contributed by atoms with Crippen LogP contribution in [-0.2, 0) is 19.1 Å². The molecule has 0 saturated carbocycles. The zero-order valence-corrected chi connectivity index (χ0v) is 8.93. The van der Waals surface area contributed by atoms with Crippen LogP contribution in [0.15, 0.2) is 0 Å². The van der Waals surface area contributed by atoms with Gasteiger partial charge in [-0.05, 0) is 13.8 Å². The lowest BCUT2D eigenvalue weighted by atomic mass is 10.1. The molecule has 2 atom stereocenters. The van der Waals surface area contributed by atoms with Gasteiger partial charge in [0, 0.05) is 0 Å². The lowest BCUT2D eigenvalue weighted by Gasteiger charge is -2.16. The van der Waals surface area contributed by atoms with E-state index < -0.39 is 18.0 Å². The molecule has 0 radical (unpaired) electrons. The van der Waals surface area contributed by atoms with Crippen LogP contribution in [0.1, 0.15) is 13.8 Å². The maximum Gasteiger partial charge on any atom is 0.174 e. The molecule has 78 valence electrons. The molecule has 2 rings (SSSR count). The van der Waals surface area contributed by atoms with Crippen LogP contribution in [0.2, 0.25) is 0 Å².